The largest absolute Gasteiger partial charge is 0.396 e. The van der Waals surface area contributed by atoms with Crippen LogP contribution in [0.3, 0.4) is 0 Å². The molecule has 0 atom stereocenters. The molecule has 0 bridgehead atoms. The number of alkyl halides is 2. The third kappa shape index (κ3) is 5.54. The van der Waals surface area contributed by atoms with Crippen molar-refractivity contribution in [1.29, 1.82) is 5.41 Å². The van der Waals surface area contributed by atoms with Crippen molar-refractivity contribution in [3.8, 4) is 0 Å². The van der Waals surface area contributed by atoms with Gasteiger partial charge >= 0.3 is 0 Å². The third-order valence-electron chi connectivity index (χ3n) is 4.98. The Labute approximate surface area is 167 Å². The summed E-state index contributed by atoms with van der Waals surface area (Å²) in [5.41, 5.74) is 0.136. The number of aromatic nitrogens is 1. The highest BCUT2D eigenvalue weighted by atomic mass is 19.3. The lowest BCUT2D eigenvalue weighted by Gasteiger charge is -2.27. The molecular weight excluding hydrogens is 380 g/mol. The maximum absolute atomic E-state index is 12.8. The predicted octanol–water partition coefficient (Wildman–Crippen LogP) is 2.72. The van der Waals surface area contributed by atoms with Crippen molar-refractivity contribution in [3.63, 3.8) is 0 Å². The van der Waals surface area contributed by atoms with Crippen molar-refractivity contribution >= 4 is 17.8 Å². The molecule has 1 aromatic rings. The van der Waals surface area contributed by atoms with Crippen molar-refractivity contribution in [2.45, 2.75) is 38.2 Å². The number of nitrogens with zero attached hydrogens (tertiary/aromatic N) is 2. The van der Waals surface area contributed by atoms with Crippen molar-refractivity contribution in [1.82, 2.24) is 15.6 Å². The van der Waals surface area contributed by atoms with E-state index in [1.807, 2.05) is 0 Å². The molecule has 1 aliphatic carbocycles. The maximum Gasteiger partial charge on any atom is 0.280 e. The Kier molecular flexibility index (Phi) is 6.82. The molecule has 1 saturated carbocycles. The number of carbonyl (C=O) groups excluding carboxylic acids is 1. The maximum atomic E-state index is 12.8. The average molecular weight is 403 g/mol. The van der Waals surface area contributed by atoms with Gasteiger partial charge in [-0.05, 0) is 49.8 Å². The van der Waals surface area contributed by atoms with E-state index in [1.54, 1.807) is 12.3 Å². The summed E-state index contributed by atoms with van der Waals surface area (Å²) >= 11 is 0. The molecule has 7 nitrogen and oxygen atoms in total. The summed E-state index contributed by atoms with van der Waals surface area (Å²) in [5.74, 6) is -0.0917. The van der Waals surface area contributed by atoms with E-state index in [9.17, 15) is 18.7 Å². The summed E-state index contributed by atoms with van der Waals surface area (Å²) in [5, 5.41) is 23.0. The van der Waals surface area contributed by atoms with Gasteiger partial charge in [-0.3, -0.25) is 10.2 Å². The average Bonchev–Trinajstić information content (AvgIpc) is 2.74. The third-order valence-corrected chi connectivity index (χ3v) is 4.98. The van der Waals surface area contributed by atoms with Crippen molar-refractivity contribution in [3.05, 3.63) is 53.3 Å². The van der Waals surface area contributed by atoms with Crippen LogP contribution in [0.4, 0.5) is 8.78 Å². The summed E-state index contributed by atoms with van der Waals surface area (Å²) < 4.78 is 25.5. The van der Waals surface area contributed by atoms with E-state index in [0.29, 0.717) is 11.5 Å². The molecule has 29 heavy (non-hydrogen) atoms. The summed E-state index contributed by atoms with van der Waals surface area (Å²) in [6, 6.07) is 4.11. The molecule has 4 N–H and O–H groups in total. The van der Waals surface area contributed by atoms with Gasteiger partial charge in [0.2, 0.25) is 0 Å². The van der Waals surface area contributed by atoms with Gasteiger partial charge in [0.1, 0.15) is 17.2 Å². The summed E-state index contributed by atoms with van der Waals surface area (Å²) in [6.45, 7) is 0.218. The second-order valence-electron chi connectivity index (χ2n) is 7.07. The lowest BCUT2D eigenvalue weighted by molar-refractivity contribution is 0.0958. The van der Waals surface area contributed by atoms with E-state index in [1.165, 1.54) is 18.3 Å². The molecule has 0 unspecified atom stereocenters. The van der Waals surface area contributed by atoms with Gasteiger partial charge in [-0.15, -0.1) is 0 Å². The molecule has 9 heteroatoms. The van der Waals surface area contributed by atoms with Gasteiger partial charge in [0.15, 0.2) is 0 Å². The summed E-state index contributed by atoms with van der Waals surface area (Å²) in [6.07, 6.45) is 5.61. The Morgan fingerprint density at radius 1 is 1.31 bits per heavy atom. The number of rotatable bonds is 6. The van der Waals surface area contributed by atoms with Gasteiger partial charge in [-0.25, -0.2) is 18.8 Å². The van der Waals surface area contributed by atoms with Gasteiger partial charge in [0.25, 0.3) is 12.3 Å². The van der Waals surface area contributed by atoms with Gasteiger partial charge in [0.05, 0.1) is 11.9 Å². The highest BCUT2D eigenvalue weighted by Crippen LogP contribution is 2.24. The lowest BCUT2D eigenvalue weighted by atomic mass is 9.86. The predicted molar refractivity (Wildman–Crippen MR) is 105 cm³/mol. The Bertz CT molecular complexity index is 858. The number of nitrogens with one attached hydrogen (secondary N) is 3. The van der Waals surface area contributed by atoms with Crippen LogP contribution < -0.4 is 10.6 Å². The monoisotopic (exact) mass is 403 g/mol. The topological polar surface area (TPSA) is 110 Å². The highest BCUT2D eigenvalue weighted by molar-refractivity contribution is 6.38. The number of halogens is 2. The minimum Gasteiger partial charge on any atom is -0.396 e. The van der Waals surface area contributed by atoms with Gasteiger partial charge in [0, 0.05) is 24.4 Å². The van der Waals surface area contributed by atoms with Crippen LogP contribution in [0.2, 0.25) is 0 Å². The van der Waals surface area contributed by atoms with Gasteiger partial charge in [-0.1, -0.05) is 6.07 Å². The number of aliphatic imine (C=N–C) groups is 1. The van der Waals surface area contributed by atoms with Crippen LogP contribution in [0.1, 0.15) is 48.3 Å². The SMILES string of the molecule is N=C1C=NC(NC(=O)c2cccc(C(F)F)n2)=C/C1=C/NC1CCC(CO)CC1. The summed E-state index contributed by atoms with van der Waals surface area (Å²) in [4.78, 5) is 20.0. The zero-order chi connectivity index (χ0) is 20.8. The smallest absolute Gasteiger partial charge is 0.280 e. The van der Waals surface area contributed by atoms with E-state index in [2.05, 4.69) is 20.6 Å². The first-order valence-electron chi connectivity index (χ1n) is 9.44. The summed E-state index contributed by atoms with van der Waals surface area (Å²) in [7, 11) is 0. The molecule has 1 aliphatic heterocycles. The molecule has 3 rings (SSSR count). The number of allylic oxidation sites excluding steroid dienone is 2. The Morgan fingerprint density at radius 2 is 2.07 bits per heavy atom. The number of carbonyl (C=O) groups is 1. The molecule has 1 fully saturated rings. The molecule has 0 radical (unpaired) electrons. The van der Waals surface area contributed by atoms with Crippen molar-refractivity contribution < 1.29 is 18.7 Å². The Hall–Kier alpha value is -2.94. The van der Waals surface area contributed by atoms with E-state index in [-0.39, 0.29) is 29.9 Å². The molecule has 154 valence electrons. The number of pyridine rings is 1. The molecular formula is C20H23F2N5O2. The van der Waals surface area contributed by atoms with E-state index in [4.69, 9.17) is 5.41 Å². The van der Waals surface area contributed by atoms with Crippen LogP contribution in [-0.2, 0) is 0 Å². The van der Waals surface area contributed by atoms with Crippen LogP contribution >= 0.6 is 0 Å². The molecule has 1 amide bonds. The zero-order valence-corrected chi connectivity index (χ0v) is 15.7. The van der Waals surface area contributed by atoms with Crippen LogP contribution in [0.15, 0.2) is 46.9 Å². The Morgan fingerprint density at radius 3 is 2.76 bits per heavy atom. The first-order chi connectivity index (χ1) is 14.0. The minimum absolute atomic E-state index is 0.135. The molecule has 0 aromatic carbocycles. The van der Waals surface area contributed by atoms with Crippen molar-refractivity contribution in [2.75, 3.05) is 6.61 Å². The fourth-order valence-corrected chi connectivity index (χ4v) is 3.26. The number of hydrogen-bond donors (Lipinski definition) is 4. The lowest BCUT2D eigenvalue weighted by Crippen LogP contribution is -2.31. The molecule has 2 aliphatic rings. The zero-order valence-electron chi connectivity index (χ0n) is 15.7. The molecule has 0 saturated heterocycles. The van der Waals surface area contributed by atoms with Crippen LogP contribution in [0.5, 0.6) is 0 Å². The Balaban J connectivity index is 1.64. The highest BCUT2D eigenvalue weighted by Gasteiger charge is 2.20. The van der Waals surface area contributed by atoms with Crippen LogP contribution in [0, 0.1) is 11.3 Å². The van der Waals surface area contributed by atoms with Crippen LogP contribution in [0.25, 0.3) is 0 Å². The van der Waals surface area contributed by atoms with E-state index < -0.39 is 18.0 Å². The standard InChI is InChI=1S/C20H23F2N5O2/c21-19(22)16-2-1-3-17(26-16)20(29)27-18-8-13(15(23)10-25-18)9-24-14-6-4-12(11-28)5-7-14/h1-3,8-10,12,14,19,23-24,28H,4-7,11H2,(H,27,29)/b13-9-,23-15?. The van der Waals surface area contributed by atoms with Crippen molar-refractivity contribution in [2.24, 2.45) is 10.9 Å². The minimum atomic E-state index is -2.76. The number of aliphatic hydroxyl groups excluding tert-OH is 1. The molecule has 2 heterocycles. The number of hydrogen-bond acceptors (Lipinski definition) is 6. The van der Waals surface area contributed by atoms with E-state index in [0.717, 1.165) is 31.7 Å². The number of aliphatic hydroxyl groups is 1. The molecule has 1 aromatic heterocycles. The second-order valence-corrected chi connectivity index (χ2v) is 7.07. The van der Waals surface area contributed by atoms with Crippen LogP contribution in [-0.4, -0.2) is 40.6 Å². The van der Waals surface area contributed by atoms with Gasteiger partial charge < -0.3 is 15.7 Å². The van der Waals surface area contributed by atoms with Gasteiger partial charge in [-0.2, -0.15) is 0 Å². The fraction of sp³-hybridized carbons (Fsp3) is 0.400. The van der Waals surface area contributed by atoms with E-state index >= 15 is 0 Å². The fourth-order valence-electron chi connectivity index (χ4n) is 3.26. The first-order valence-corrected chi connectivity index (χ1v) is 9.44. The quantitative estimate of drug-likeness (QED) is 0.585. The second kappa shape index (κ2) is 9.51. The first kappa shape index (κ1) is 20.8. The number of amides is 1. The normalized spacial score (nSPS) is 23.2. The molecule has 0 spiro atoms.